The number of nitrogens with one attached hydrogen (secondary N) is 2. The van der Waals surface area contributed by atoms with Gasteiger partial charge in [-0.15, -0.1) is 0 Å². The van der Waals surface area contributed by atoms with Crippen LogP contribution in [-0.2, 0) is 33.8 Å². The molecule has 224 valence electrons. The first-order valence-corrected chi connectivity index (χ1v) is 15.5. The molecule has 0 radical (unpaired) electrons. The number of amides is 3. The SMILES string of the molecule is CCN1CN(c2ccccc2)C2(CCN(C(=O)[C@@H](Cc3ccc(Cl)cc3)NC(=O)[C@H]3Cc4ccccc4CN3)CC2)C1=O. The summed E-state index contributed by atoms with van der Waals surface area (Å²) in [6.45, 7) is 4.67. The van der Waals surface area contributed by atoms with Crippen molar-refractivity contribution in [2.45, 2.75) is 56.8 Å². The third-order valence-electron chi connectivity index (χ3n) is 9.23. The molecule has 3 aromatic carbocycles. The van der Waals surface area contributed by atoms with Gasteiger partial charge in [0, 0.05) is 43.3 Å². The summed E-state index contributed by atoms with van der Waals surface area (Å²) in [5, 5.41) is 7.04. The number of likely N-dealkylation sites (tertiary alicyclic amines) is 1. The lowest BCUT2D eigenvalue weighted by atomic mass is 9.85. The largest absolute Gasteiger partial charge is 0.343 e. The van der Waals surface area contributed by atoms with E-state index in [1.165, 1.54) is 5.56 Å². The Balaban J connectivity index is 1.19. The van der Waals surface area contributed by atoms with Crippen molar-refractivity contribution in [2.24, 2.45) is 0 Å². The van der Waals surface area contributed by atoms with Gasteiger partial charge in [0.1, 0.15) is 11.6 Å². The Kier molecular flexibility index (Phi) is 8.41. The monoisotopic (exact) mass is 599 g/mol. The van der Waals surface area contributed by atoms with Crippen LogP contribution in [0.1, 0.15) is 36.5 Å². The Labute approximate surface area is 258 Å². The molecule has 43 heavy (non-hydrogen) atoms. The van der Waals surface area contributed by atoms with Crippen molar-refractivity contribution in [1.82, 2.24) is 20.4 Å². The first-order valence-electron chi connectivity index (χ1n) is 15.1. The average Bonchev–Trinajstić information content (AvgIpc) is 3.32. The van der Waals surface area contributed by atoms with E-state index in [0.29, 0.717) is 63.6 Å². The smallest absolute Gasteiger partial charge is 0.250 e. The molecule has 3 aliphatic heterocycles. The van der Waals surface area contributed by atoms with Crippen LogP contribution in [-0.4, -0.2) is 71.4 Å². The lowest BCUT2D eigenvalue weighted by Crippen LogP contribution is -2.60. The van der Waals surface area contributed by atoms with Gasteiger partial charge in [0.25, 0.3) is 0 Å². The van der Waals surface area contributed by atoms with Gasteiger partial charge in [-0.2, -0.15) is 0 Å². The molecule has 8 nitrogen and oxygen atoms in total. The van der Waals surface area contributed by atoms with Gasteiger partial charge in [0.2, 0.25) is 17.7 Å². The van der Waals surface area contributed by atoms with Gasteiger partial charge in [0.05, 0.1) is 12.7 Å². The number of nitrogens with zero attached hydrogens (tertiary/aromatic N) is 3. The third kappa shape index (κ3) is 5.86. The maximum absolute atomic E-state index is 14.1. The molecule has 2 fully saturated rings. The zero-order valence-electron chi connectivity index (χ0n) is 24.5. The molecule has 0 aromatic heterocycles. The molecule has 2 saturated heterocycles. The van der Waals surface area contributed by atoms with Crippen LogP contribution in [0.5, 0.6) is 0 Å². The minimum absolute atomic E-state index is 0.126. The summed E-state index contributed by atoms with van der Waals surface area (Å²) in [5.74, 6) is -0.186. The highest BCUT2D eigenvalue weighted by molar-refractivity contribution is 6.30. The van der Waals surface area contributed by atoms with E-state index >= 15 is 0 Å². The van der Waals surface area contributed by atoms with Gasteiger partial charge in [-0.05, 0) is 67.1 Å². The number of piperidine rings is 1. The molecule has 0 aliphatic carbocycles. The number of halogens is 1. The van der Waals surface area contributed by atoms with E-state index in [9.17, 15) is 14.4 Å². The molecule has 0 bridgehead atoms. The first-order chi connectivity index (χ1) is 20.9. The number of para-hydroxylation sites is 1. The Morgan fingerprint density at radius 1 is 0.977 bits per heavy atom. The van der Waals surface area contributed by atoms with Crippen LogP contribution in [0.15, 0.2) is 78.9 Å². The summed E-state index contributed by atoms with van der Waals surface area (Å²) < 4.78 is 0. The molecule has 2 atom stereocenters. The number of hydrogen-bond acceptors (Lipinski definition) is 5. The fraction of sp³-hybridized carbons (Fsp3) is 0.382. The second kappa shape index (κ2) is 12.4. The van der Waals surface area contributed by atoms with Gasteiger partial charge in [0.15, 0.2) is 0 Å². The van der Waals surface area contributed by atoms with Crippen LogP contribution in [0.2, 0.25) is 5.02 Å². The number of rotatable bonds is 7. The Hall–Kier alpha value is -3.88. The summed E-state index contributed by atoms with van der Waals surface area (Å²) in [4.78, 5) is 47.3. The highest BCUT2D eigenvalue weighted by atomic mass is 35.5. The quantitative estimate of drug-likeness (QED) is 0.432. The van der Waals surface area contributed by atoms with E-state index in [0.717, 1.165) is 16.8 Å². The minimum atomic E-state index is -0.738. The number of fused-ring (bicyclic) bond motifs is 1. The van der Waals surface area contributed by atoms with Crippen LogP contribution in [0.3, 0.4) is 0 Å². The third-order valence-corrected chi connectivity index (χ3v) is 9.48. The zero-order chi connectivity index (χ0) is 30.0. The maximum atomic E-state index is 14.1. The lowest BCUT2D eigenvalue weighted by Gasteiger charge is -2.44. The van der Waals surface area contributed by atoms with Crippen LogP contribution >= 0.6 is 11.6 Å². The van der Waals surface area contributed by atoms with Crippen LogP contribution in [0.4, 0.5) is 5.69 Å². The van der Waals surface area contributed by atoms with Crippen molar-refractivity contribution in [1.29, 1.82) is 0 Å². The average molecular weight is 600 g/mol. The van der Waals surface area contributed by atoms with E-state index in [1.807, 2.05) is 71.3 Å². The van der Waals surface area contributed by atoms with Crippen molar-refractivity contribution in [3.05, 3.63) is 101 Å². The molecule has 0 saturated carbocycles. The van der Waals surface area contributed by atoms with Gasteiger partial charge >= 0.3 is 0 Å². The standard InChI is InChI=1S/C34H38ClN5O3/c1-2-38-23-40(28-10-4-3-5-11-28)34(33(38)43)16-18-39(19-17-34)32(42)30(20-24-12-14-27(35)15-13-24)37-31(41)29-21-25-8-6-7-9-26(25)22-36-29/h3-15,29-30,36H,2,16-23H2,1H3,(H,37,41)/t29-,30-/m1/s1. The van der Waals surface area contributed by atoms with E-state index in [2.05, 4.69) is 27.7 Å². The summed E-state index contributed by atoms with van der Waals surface area (Å²) >= 11 is 6.12. The van der Waals surface area contributed by atoms with Crippen molar-refractivity contribution >= 4 is 35.0 Å². The van der Waals surface area contributed by atoms with Crippen molar-refractivity contribution in [3.63, 3.8) is 0 Å². The van der Waals surface area contributed by atoms with Crippen LogP contribution in [0.25, 0.3) is 0 Å². The fourth-order valence-corrected chi connectivity index (χ4v) is 6.86. The van der Waals surface area contributed by atoms with E-state index < -0.39 is 17.6 Å². The van der Waals surface area contributed by atoms with E-state index in [4.69, 9.17) is 11.6 Å². The van der Waals surface area contributed by atoms with E-state index in [-0.39, 0.29) is 17.7 Å². The number of likely N-dealkylation sites (N-methyl/N-ethyl adjacent to an activating group) is 1. The number of hydrogen-bond donors (Lipinski definition) is 2. The Morgan fingerprint density at radius 3 is 2.35 bits per heavy atom. The van der Waals surface area contributed by atoms with Gasteiger partial charge in [-0.3, -0.25) is 14.4 Å². The summed E-state index contributed by atoms with van der Waals surface area (Å²) in [6, 6.07) is 24.4. The molecule has 3 heterocycles. The van der Waals surface area contributed by atoms with Gasteiger partial charge < -0.3 is 25.3 Å². The topological polar surface area (TPSA) is 85.0 Å². The van der Waals surface area contributed by atoms with Gasteiger partial charge in [-0.25, -0.2) is 0 Å². The van der Waals surface area contributed by atoms with Crippen molar-refractivity contribution < 1.29 is 14.4 Å². The normalized spacial score (nSPS) is 20.2. The Morgan fingerprint density at radius 2 is 1.65 bits per heavy atom. The van der Waals surface area contributed by atoms with Crippen molar-refractivity contribution in [3.8, 4) is 0 Å². The molecule has 1 spiro atoms. The maximum Gasteiger partial charge on any atom is 0.250 e. The second-order valence-corrected chi connectivity index (χ2v) is 12.2. The number of carbonyl (C=O) groups excluding carboxylic acids is 3. The predicted octanol–water partition coefficient (Wildman–Crippen LogP) is 3.77. The minimum Gasteiger partial charge on any atom is -0.343 e. The fourth-order valence-electron chi connectivity index (χ4n) is 6.73. The number of benzene rings is 3. The number of carbonyl (C=O) groups is 3. The predicted molar refractivity (Wildman–Crippen MR) is 168 cm³/mol. The zero-order valence-corrected chi connectivity index (χ0v) is 25.2. The highest BCUT2D eigenvalue weighted by Crippen LogP contribution is 2.39. The molecule has 6 rings (SSSR count). The first kappa shape index (κ1) is 29.2. The Bertz CT molecular complexity index is 1470. The molecule has 9 heteroatoms. The number of anilines is 1. The highest BCUT2D eigenvalue weighted by Gasteiger charge is 2.54. The lowest BCUT2D eigenvalue weighted by molar-refractivity contribution is -0.141. The summed E-state index contributed by atoms with van der Waals surface area (Å²) in [7, 11) is 0. The van der Waals surface area contributed by atoms with Gasteiger partial charge in [-0.1, -0.05) is 66.2 Å². The summed E-state index contributed by atoms with van der Waals surface area (Å²) in [5.41, 5.74) is 3.59. The molecule has 3 aromatic rings. The molecular formula is C34H38ClN5O3. The molecule has 0 unspecified atom stereocenters. The van der Waals surface area contributed by atoms with Crippen LogP contribution in [0, 0.1) is 0 Å². The molecule has 3 aliphatic rings. The van der Waals surface area contributed by atoms with E-state index in [1.54, 1.807) is 12.1 Å². The van der Waals surface area contributed by atoms with Crippen LogP contribution < -0.4 is 15.5 Å². The molecule has 2 N–H and O–H groups in total. The van der Waals surface area contributed by atoms with Crippen molar-refractivity contribution in [2.75, 3.05) is 31.2 Å². The summed E-state index contributed by atoms with van der Waals surface area (Å²) in [6.07, 6.45) is 1.99. The second-order valence-electron chi connectivity index (χ2n) is 11.7. The molecule has 3 amide bonds. The molecular weight excluding hydrogens is 562 g/mol.